The van der Waals surface area contributed by atoms with E-state index in [9.17, 15) is 0 Å². The van der Waals surface area contributed by atoms with E-state index in [0.717, 1.165) is 50.0 Å². The SMILES string of the molecule is CC1(C)c2cc3ccccc3cc2-c2cccc(-c3ccc(-c4ccc(-c5nc(-c6ccccc6)cc(-c6ccc(-c7cccnc7)cc6)n5)c5ccccc45)c4ccccc34)c21. The van der Waals surface area contributed by atoms with Crippen LogP contribution in [0.15, 0.2) is 213 Å². The maximum Gasteiger partial charge on any atom is 0.161 e. The zero-order valence-electron chi connectivity index (χ0n) is 35.0. The Kier molecular flexibility index (Phi) is 8.52. The van der Waals surface area contributed by atoms with Crippen molar-refractivity contribution in [3.05, 3.63) is 224 Å². The first-order valence-electron chi connectivity index (χ1n) is 21.7. The second-order valence-corrected chi connectivity index (χ2v) is 17.2. The summed E-state index contributed by atoms with van der Waals surface area (Å²) in [7, 11) is 0. The van der Waals surface area contributed by atoms with Crippen LogP contribution in [0.1, 0.15) is 25.0 Å². The van der Waals surface area contributed by atoms with Gasteiger partial charge in [-0.1, -0.05) is 184 Å². The molecule has 12 rings (SSSR count). The topological polar surface area (TPSA) is 38.7 Å². The van der Waals surface area contributed by atoms with Gasteiger partial charge in [-0.3, -0.25) is 4.98 Å². The molecule has 0 saturated heterocycles. The first kappa shape index (κ1) is 36.8. The van der Waals surface area contributed by atoms with Crippen LogP contribution in [0, 0.1) is 0 Å². The predicted octanol–water partition coefficient (Wildman–Crippen LogP) is 15.6. The third-order valence-corrected chi connectivity index (χ3v) is 13.2. The molecule has 0 radical (unpaired) electrons. The highest BCUT2D eigenvalue weighted by Gasteiger charge is 2.38. The molecule has 1 aliphatic rings. The van der Waals surface area contributed by atoms with Crippen LogP contribution in [0.3, 0.4) is 0 Å². The van der Waals surface area contributed by atoms with Crippen LogP contribution in [-0.2, 0) is 5.41 Å². The smallest absolute Gasteiger partial charge is 0.161 e. The van der Waals surface area contributed by atoms with E-state index < -0.39 is 0 Å². The minimum Gasteiger partial charge on any atom is -0.264 e. The van der Waals surface area contributed by atoms with Gasteiger partial charge in [-0.15, -0.1) is 0 Å². The van der Waals surface area contributed by atoms with Gasteiger partial charge < -0.3 is 0 Å². The minimum atomic E-state index is -0.166. The normalized spacial score (nSPS) is 12.7. The largest absolute Gasteiger partial charge is 0.264 e. The van der Waals surface area contributed by atoms with Gasteiger partial charge in [0.05, 0.1) is 11.4 Å². The molecule has 0 saturated carbocycles. The minimum absolute atomic E-state index is 0.166. The summed E-state index contributed by atoms with van der Waals surface area (Å²) in [4.78, 5) is 14.9. The molecule has 0 aliphatic heterocycles. The van der Waals surface area contributed by atoms with E-state index in [-0.39, 0.29) is 5.41 Å². The maximum atomic E-state index is 5.30. The average Bonchev–Trinajstić information content (AvgIpc) is 3.57. The van der Waals surface area contributed by atoms with Crippen LogP contribution in [0.2, 0.25) is 0 Å². The van der Waals surface area contributed by atoms with Crippen molar-refractivity contribution in [2.45, 2.75) is 19.3 Å². The van der Waals surface area contributed by atoms with Crippen LogP contribution in [0.5, 0.6) is 0 Å². The lowest BCUT2D eigenvalue weighted by molar-refractivity contribution is 0.663. The Hall–Kier alpha value is -8.01. The lowest BCUT2D eigenvalue weighted by Crippen LogP contribution is -2.16. The van der Waals surface area contributed by atoms with Crippen molar-refractivity contribution in [1.82, 2.24) is 15.0 Å². The predicted molar refractivity (Wildman–Crippen MR) is 263 cm³/mol. The molecule has 0 unspecified atom stereocenters. The van der Waals surface area contributed by atoms with E-state index in [1.165, 1.54) is 66.1 Å². The molecular weight excluding hydrogens is 763 g/mol. The highest BCUT2D eigenvalue weighted by atomic mass is 14.9. The number of benzene rings is 9. The zero-order valence-corrected chi connectivity index (χ0v) is 35.0. The van der Waals surface area contributed by atoms with Gasteiger partial charge in [0.1, 0.15) is 0 Å². The van der Waals surface area contributed by atoms with Gasteiger partial charge >= 0.3 is 0 Å². The van der Waals surface area contributed by atoms with E-state index in [2.05, 4.69) is 207 Å². The first-order chi connectivity index (χ1) is 31.0. The van der Waals surface area contributed by atoms with Gasteiger partial charge in [0, 0.05) is 34.5 Å². The van der Waals surface area contributed by atoms with E-state index in [1.807, 2.05) is 18.3 Å². The van der Waals surface area contributed by atoms with Gasteiger partial charge in [-0.2, -0.15) is 0 Å². The maximum absolute atomic E-state index is 5.30. The van der Waals surface area contributed by atoms with Gasteiger partial charge in [0.25, 0.3) is 0 Å². The van der Waals surface area contributed by atoms with Crippen LogP contribution in [-0.4, -0.2) is 15.0 Å². The number of hydrogen-bond acceptors (Lipinski definition) is 3. The van der Waals surface area contributed by atoms with E-state index in [4.69, 9.17) is 9.97 Å². The number of rotatable bonds is 6. The summed E-state index contributed by atoms with van der Waals surface area (Å²) in [6, 6.07) is 72.3. The Balaban J connectivity index is 0.992. The molecule has 296 valence electrons. The molecule has 63 heavy (non-hydrogen) atoms. The Morgan fingerprint density at radius 2 is 0.841 bits per heavy atom. The molecule has 0 bridgehead atoms. The Bertz CT molecular complexity index is 3570. The van der Waals surface area contributed by atoms with Crippen molar-refractivity contribution < 1.29 is 0 Å². The zero-order chi connectivity index (χ0) is 42.1. The fourth-order valence-corrected chi connectivity index (χ4v) is 10.1. The van der Waals surface area contributed by atoms with E-state index in [1.54, 1.807) is 6.20 Å². The Morgan fingerprint density at radius 3 is 1.46 bits per heavy atom. The highest BCUT2D eigenvalue weighted by Crippen LogP contribution is 2.54. The summed E-state index contributed by atoms with van der Waals surface area (Å²) in [6.07, 6.45) is 3.70. The molecule has 3 heteroatoms. The molecule has 9 aromatic carbocycles. The second kappa shape index (κ2) is 14.6. The molecule has 2 heterocycles. The summed E-state index contributed by atoms with van der Waals surface area (Å²) in [5.41, 5.74) is 17.2. The van der Waals surface area contributed by atoms with Crippen molar-refractivity contribution in [3.8, 4) is 78.4 Å². The molecule has 0 fully saturated rings. The number of aromatic nitrogens is 3. The van der Waals surface area contributed by atoms with E-state index >= 15 is 0 Å². The number of nitrogens with zero attached hydrogens (tertiary/aromatic N) is 3. The molecule has 1 aliphatic carbocycles. The third-order valence-electron chi connectivity index (χ3n) is 13.2. The number of fused-ring (bicyclic) bond motifs is 6. The second-order valence-electron chi connectivity index (χ2n) is 17.2. The summed E-state index contributed by atoms with van der Waals surface area (Å²) in [6.45, 7) is 4.78. The number of pyridine rings is 1. The molecule has 0 N–H and O–H groups in total. The summed E-state index contributed by atoms with van der Waals surface area (Å²) in [5.74, 6) is 0.695. The van der Waals surface area contributed by atoms with Crippen molar-refractivity contribution in [2.75, 3.05) is 0 Å². The molecule has 2 aromatic heterocycles. The molecule has 0 atom stereocenters. The quantitative estimate of drug-likeness (QED) is 0.168. The van der Waals surface area contributed by atoms with Gasteiger partial charge in [-0.05, 0) is 118 Å². The lowest BCUT2D eigenvalue weighted by Gasteiger charge is -2.25. The third kappa shape index (κ3) is 6.07. The standard InChI is InChI=1S/C60H41N3/c1-60(2)55-35-42-17-7-6-16-41(42)34-54(55)52-24-12-23-51(58(52)60)50-30-29-48(44-19-8-9-20-45(44)50)49-31-32-53(47-22-11-10-21-46(47)49)59-62-56(39-14-4-3-5-15-39)36-57(63-59)40-27-25-38(26-28-40)43-18-13-33-61-37-43/h3-37H,1-2H3. The monoisotopic (exact) mass is 803 g/mol. The van der Waals surface area contributed by atoms with Gasteiger partial charge in [-0.25, -0.2) is 9.97 Å². The van der Waals surface area contributed by atoms with Crippen molar-refractivity contribution in [2.24, 2.45) is 0 Å². The van der Waals surface area contributed by atoms with Gasteiger partial charge in [0.2, 0.25) is 0 Å². The Morgan fingerprint density at radius 1 is 0.349 bits per heavy atom. The number of hydrogen-bond donors (Lipinski definition) is 0. The summed E-state index contributed by atoms with van der Waals surface area (Å²) < 4.78 is 0. The van der Waals surface area contributed by atoms with Gasteiger partial charge in [0.15, 0.2) is 5.82 Å². The molecule has 11 aromatic rings. The lowest BCUT2D eigenvalue weighted by atomic mass is 9.77. The molecule has 0 spiro atoms. The van der Waals surface area contributed by atoms with Crippen molar-refractivity contribution in [3.63, 3.8) is 0 Å². The van der Waals surface area contributed by atoms with E-state index in [0.29, 0.717) is 5.82 Å². The summed E-state index contributed by atoms with van der Waals surface area (Å²) >= 11 is 0. The average molecular weight is 804 g/mol. The van der Waals surface area contributed by atoms with Crippen molar-refractivity contribution >= 4 is 32.3 Å². The Labute approximate surface area is 367 Å². The fraction of sp³-hybridized carbons (Fsp3) is 0.0500. The van der Waals surface area contributed by atoms with Crippen LogP contribution in [0.4, 0.5) is 0 Å². The summed E-state index contributed by atoms with van der Waals surface area (Å²) in [5, 5.41) is 7.30. The van der Waals surface area contributed by atoms with Crippen LogP contribution in [0.25, 0.3) is 111 Å². The van der Waals surface area contributed by atoms with Crippen molar-refractivity contribution in [1.29, 1.82) is 0 Å². The molecular formula is C60H41N3. The fourth-order valence-electron chi connectivity index (χ4n) is 10.1. The molecule has 0 amide bonds. The highest BCUT2D eigenvalue weighted by molar-refractivity contribution is 6.12. The van der Waals surface area contributed by atoms with Crippen LogP contribution < -0.4 is 0 Å². The molecule has 3 nitrogen and oxygen atoms in total. The first-order valence-corrected chi connectivity index (χ1v) is 21.7. The van der Waals surface area contributed by atoms with Crippen LogP contribution >= 0.6 is 0 Å².